The van der Waals surface area contributed by atoms with Crippen LogP contribution < -0.4 is 9.73 Å². The third kappa shape index (κ3) is 5.88. The summed E-state index contributed by atoms with van der Waals surface area (Å²) in [6, 6.07) is 18.2. The molecule has 0 aliphatic heterocycles. The standard InChI is InChI=1S/C23H21Cl2N3O3S/c1-16-3-8-19(9-4-16)28(32(30,31)20-10-5-17(2)6-11-20)15-23(29)27-26-14-18-7-12-21(24)22(25)13-18/h3-14H,15H2,1-2H3,(H,27,29)/b26-14+. The lowest BCUT2D eigenvalue weighted by atomic mass is 10.2. The number of carbonyl (C=O) groups excluding carboxylic acids is 1. The lowest BCUT2D eigenvalue weighted by molar-refractivity contribution is -0.119. The van der Waals surface area contributed by atoms with Crippen molar-refractivity contribution in [2.24, 2.45) is 5.10 Å². The average Bonchev–Trinajstić information content (AvgIpc) is 2.75. The molecule has 0 radical (unpaired) electrons. The van der Waals surface area contributed by atoms with E-state index in [0.29, 0.717) is 21.3 Å². The van der Waals surface area contributed by atoms with Gasteiger partial charge in [-0.25, -0.2) is 13.8 Å². The number of halogens is 2. The zero-order valence-electron chi connectivity index (χ0n) is 17.4. The summed E-state index contributed by atoms with van der Waals surface area (Å²) in [4.78, 5) is 12.7. The molecular formula is C23H21Cl2N3O3S. The van der Waals surface area contributed by atoms with Gasteiger partial charge in [-0.15, -0.1) is 0 Å². The van der Waals surface area contributed by atoms with Crippen molar-refractivity contribution in [2.75, 3.05) is 10.8 Å². The number of hydrogen-bond acceptors (Lipinski definition) is 4. The molecule has 1 N–H and O–H groups in total. The van der Waals surface area contributed by atoms with Crippen LogP contribution in [0.1, 0.15) is 16.7 Å². The van der Waals surface area contributed by atoms with E-state index in [4.69, 9.17) is 23.2 Å². The second kappa shape index (κ2) is 10.2. The number of anilines is 1. The third-order valence-corrected chi connectivity index (χ3v) is 7.09. The van der Waals surface area contributed by atoms with Crippen molar-refractivity contribution < 1.29 is 13.2 Å². The Morgan fingerprint density at radius 3 is 2.12 bits per heavy atom. The Hall–Kier alpha value is -2.87. The van der Waals surface area contributed by atoms with Crippen LogP contribution in [0.4, 0.5) is 5.69 Å². The molecule has 0 heterocycles. The van der Waals surface area contributed by atoms with Gasteiger partial charge in [0.25, 0.3) is 15.9 Å². The monoisotopic (exact) mass is 489 g/mol. The van der Waals surface area contributed by atoms with Crippen LogP contribution in [-0.4, -0.2) is 27.1 Å². The summed E-state index contributed by atoms with van der Waals surface area (Å²) in [7, 11) is -3.98. The van der Waals surface area contributed by atoms with Gasteiger partial charge in [-0.2, -0.15) is 5.10 Å². The molecule has 3 aromatic rings. The van der Waals surface area contributed by atoms with Crippen LogP contribution in [0.25, 0.3) is 0 Å². The van der Waals surface area contributed by atoms with Gasteiger partial charge in [-0.05, 0) is 55.8 Å². The van der Waals surface area contributed by atoms with Crippen LogP contribution in [0.15, 0.2) is 76.7 Å². The van der Waals surface area contributed by atoms with Gasteiger partial charge < -0.3 is 0 Å². The number of carbonyl (C=O) groups is 1. The first kappa shape index (κ1) is 23.8. The number of amides is 1. The van der Waals surface area contributed by atoms with E-state index in [2.05, 4.69) is 10.5 Å². The van der Waals surface area contributed by atoms with Gasteiger partial charge in [0.2, 0.25) is 0 Å². The number of sulfonamides is 1. The summed E-state index contributed by atoms with van der Waals surface area (Å²) >= 11 is 11.9. The minimum Gasteiger partial charge on any atom is -0.271 e. The number of rotatable bonds is 7. The molecule has 6 nitrogen and oxygen atoms in total. The first-order valence-corrected chi connectivity index (χ1v) is 11.8. The highest BCUT2D eigenvalue weighted by Gasteiger charge is 2.27. The van der Waals surface area contributed by atoms with Crippen molar-refractivity contribution in [3.63, 3.8) is 0 Å². The second-order valence-electron chi connectivity index (χ2n) is 7.13. The zero-order chi connectivity index (χ0) is 23.3. The Morgan fingerprint density at radius 1 is 0.938 bits per heavy atom. The quantitative estimate of drug-likeness (QED) is 0.376. The number of nitrogens with one attached hydrogen (secondary N) is 1. The first-order valence-electron chi connectivity index (χ1n) is 9.60. The molecule has 32 heavy (non-hydrogen) atoms. The van der Waals surface area contributed by atoms with Gasteiger partial charge in [-0.3, -0.25) is 9.10 Å². The van der Waals surface area contributed by atoms with E-state index in [1.807, 2.05) is 13.8 Å². The molecule has 0 saturated carbocycles. The number of hydrogen-bond donors (Lipinski definition) is 1. The Morgan fingerprint density at radius 2 is 1.53 bits per heavy atom. The highest BCUT2D eigenvalue weighted by atomic mass is 35.5. The van der Waals surface area contributed by atoms with Gasteiger partial charge in [0.1, 0.15) is 6.54 Å². The van der Waals surface area contributed by atoms with E-state index in [0.717, 1.165) is 15.4 Å². The summed E-state index contributed by atoms with van der Waals surface area (Å²) in [6.07, 6.45) is 1.39. The van der Waals surface area contributed by atoms with Gasteiger partial charge in [-0.1, -0.05) is 64.7 Å². The second-order valence-corrected chi connectivity index (χ2v) is 9.80. The molecular weight excluding hydrogens is 469 g/mol. The van der Waals surface area contributed by atoms with Crippen LogP contribution in [0.3, 0.4) is 0 Å². The topological polar surface area (TPSA) is 78.8 Å². The van der Waals surface area contributed by atoms with Crippen molar-refractivity contribution in [1.29, 1.82) is 0 Å². The Kier molecular flexibility index (Phi) is 7.56. The summed E-state index contributed by atoms with van der Waals surface area (Å²) in [5, 5.41) is 4.66. The summed E-state index contributed by atoms with van der Waals surface area (Å²) in [5.41, 5.74) is 5.26. The minimum absolute atomic E-state index is 0.0933. The van der Waals surface area contributed by atoms with Crippen LogP contribution in [0, 0.1) is 13.8 Å². The highest BCUT2D eigenvalue weighted by Crippen LogP contribution is 2.24. The molecule has 0 atom stereocenters. The van der Waals surface area contributed by atoms with E-state index in [-0.39, 0.29) is 4.90 Å². The maximum atomic E-state index is 13.3. The lowest BCUT2D eigenvalue weighted by Crippen LogP contribution is -2.39. The maximum Gasteiger partial charge on any atom is 0.264 e. The van der Waals surface area contributed by atoms with Crippen molar-refractivity contribution in [3.05, 3.63) is 93.5 Å². The Balaban J connectivity index is 1.82. The number of hydrazone groups is 1. The smallest absolute Gasteiger partial charge is 0.264 e. The molecule has 9 heteroatoms. The molecule has 0 spiro atoms. The third-order valence-electron chi connectivity index (χ3n) is 4.56. The molecule has 0 bridgehead atoms. The highest BCUT2D eigenvalue weighted by molar-refractivity contribution is 7.92. The van der Waals surface area contributed by atoms with Crippen molar-refractivity contribution in [1.82, 2.24) is 5.43 Å². The maximum absolute atomic E-state index is 13.3. The zero-order valence-corrected chi connectivity index (χ0v) is 19.7. The Bertz CT molecular complexity index is 1240. The predicted octanol–water partition coefficient (Wildman–Crippen LogP) is 4.96. The van der Waals surface area contributed by atoms with E-state index < -0.39 is 22.5 Å². The van der Waals surface area contributed by atoms with E-state index in [1.165, 1.54) is 18.3 Å². The molecule has 3 aromatic carbocycles. The fraction of sp³-hybridized carbons (Fsp3) is 0.130. The van der Waals surface area contributed by atoms with Gasteiger partial charge in [0, 0.05) is 0 Å². The molecule has 0 unspecified atom stereocenters. The lowest BCUT2D eigenvalue weighted by Gasteiger charge is -2.24. The van der Waals surface area contributed by atoms with Crippen molar-refractivity contribution in [3.8, 4) is 0 Å². The van der Waals surface area contributed by atoms with Crippen molar-refractivity contribution in [2.45, 2.75) is 18.7 Å². The molecule has 0 aliphatic rings. The first-order chi connectivity index (χ1) is 15.2. The summed E-state index contributed by atoms with van der Waals surface area (Å²) < 4.78 is 27.7. The van der Waals surface area contributed by atoms with Gasteiger partial charge >= 0.3 is 0 Å². The number of aryl methyl sites for hydroxylation is 2. The summed E-state index contributed by atoms with van der Waals surface area (Å²) in [6.45, 7) is 3.32. The number of benzene rings is 3. The van der Waals surface area contributed by atoms with Gasteiger partial charge in [0.05, 0.1) is 26.8 Å². The average molecular weight is 490 g/mol. The fourth-order valence-electron chi connectivity index (χ4n) is 2.80. The molecule has 0 aliphatic carbocycles. The Labute approximate surface area is 197 Å². The van der Waals surface area contributed by atoms with Crippen LogP contribution in [0.2, 0.25) is 10.0 Å². The molecule has 3 rings (SSSR count). The van der Waals surface area contributed by atoms with E-state index in [1.54, 1.807) is 54.6 Å². The minimum atomic E-state index is -3.98. The predicted molar refractivity (Wildman–Crippen MR) is 129 cm³/mol. The van der Waals surface area contributed by atoms with Crippen LogP contribution in [-0.2, 0) is 14.8 Å². The molecule has 1 amide bonds. The summed E-state index contributed by atoms with van der Waals surface area (Å²) in [5.74, 6) is -0.599. The number of nitrogens with zero attached hydrogens (tertiary/aromatic N) is 2. The molecule has 0 saturated heterocycles. The van der Waals surface area contributed by atoms with E-state index >= 15 is 0 Å². The van der Waals surface area contributed by atoms with Gasteiger partial charge in [0.15, 0.2) is 0 Å². The largest absolute Gasteiger partial charge is 0.271 e. The van der Waals surface area contributed by atoms with Crippen LogP contribution in [0.5, 0.6) is 0 Å². The molecule has 166 valence electrons. The fourth-order valence-corrected chi connectivity index (χ4v) is 4.53. The molecule has 0 aromatic heterocycles. The van der Waals surface area contributed by atoms with Crippen molar-refractivity contribution >= 4 is 51.0 Å². The van der Waals surface area contributed by atoms with E-state index in [9.17, 15) is 13.2 Å². The normalized spacial score (nSPS) is 11.5. The van der Waals surface area contributed by atoms with Crippen LogP contribution >= 0.6 is 23.2 Å². The molecule has 0 fully saturated rings. The SMILES string of the molecule is Cc1ccc(N(CC(=O)N/N=C/c2ccc(Cl)c(Cl)c2)S(=O)(=O)c2ccc(C)cc2)cc1.